The first kappa shape index (κ1) is 11.2. The zero-order valence-corrected chi connectivity index (χ0v) is 9.94. The molecule has 0 spiro atoms. The highest BCUT2D eigenvalue weighted by Crippen LogP contribution is 2.27. The van der Waals surface area contributed by atoms with Crippen LogP contribution in [0.15, 0.2) is 18.2 Å². The van der Waals surface area contributed by atoms with Crippen molar-refractivity contribution in [3.63, 3.8) is 0 Å². The Bertz CT molecular complexity index is 560. The molecular formula is C12H15N5O. The van der Waals surface area contributed by atoms with Crippen LogP contribution in [0.25, 0.3) is 11.0 Å². The van der Waals surface area contributed by atoms with E-state index in [1.807, 2.05) is 12.1 Å². The standard InChI is InChI=1S/C12H15N5O/c18-12(7-13-6-8-1-2-8)14-9-3-4-10-11(5-9)16-17-15-10/h3-5,8,13H,1-2,6-7H2,(H,14,18)(H,15,16,17). The molecule has 3 N–H and O–H groups in total. The molecule has 0 atom stereocenters. The molecule has 94 valence electrons. The Labute approximate surface area is 104 Å². The van der Waals surface area contributed by atoms with E-state index >= 15 is 0 Å². The molecule has 1 fully saturated rings. The van der Waals surface area contributed by atoms with Crippen molar-refractivity contribution in [3.05, 3.63) is 18.2 Å². The van der Waals surface area contributed by atoms with Crippen molar-refractivity contribution in [2.45, 2.75) is 12.8 Å². The predicted octanol–water partition coefficient (Wildman–Crippen LogP) is 0.896. The van der Waals surface area contributed by atoms with E-state index in [0.717, 1.165) is 29.2 Å². The second kappa shape index (κ2) is 4.73. The molecule has 0 radical (unpaired) electrons. The molecule has 1 aliphatic carbocycles. The summed E-state index contributed by atoms with van der Waals surface area (Å²) in [5.41, 5.74) is 2.29. The van der Waals surface area contributed by atoms with Crippen LogP contribution in [0.4, 0.5) is 5.69 Å². The van der Waals surface area contributed by atoms with Gasteiger partial charge in [0.25, 0.3) is 0 Å². The lowest BCUT2D eigenvalue weighted by atomic mass is 10.2. The van der Waals surface area contributed by atoms with E-state index < -0.39 is 0 Å². The number of H-pyrrole nitrogens is 1. The highest BCUT2D eigenvalue weighted by molar-refractivity contribution is 5.94. The SMILES string of the molecule is O=C(CNCC1CC1)Nc1ccc2n[nH]nc2c1. The van der Waals surface area contributed by atoms with Crippen molar-refractivity contribution in [1.29, 1.82) is 0 Å². The molecular weight excluding hydrogens is 230 g/mol. The fourth-order valence-electron chi connectivity index (χ4n) is 1.84. The van der Waals surface area contributed by atoms with Crippen LogP contribution in [0.5, 0.6) is 0 Å². The van der Waals surface area contributed by atoms with Gasteiger partial charge in [0.1, 0.15) is 11.0 Å². The van der Waals surface area contributed by atoms with E-state index in [1.165, 1.54) is 12.8 Å². The highest BCUT2D eigenvalue weighted by atomic mass is 16.1. The maximum atomic E-state index is 11.7. The van der Waals surface area contributed by atoms with Gasteiger partial charge in [0.2, 0.25) is 5.91 Å². The van der Waals surface area contributed by atoms with Gasteiger partial charge in [0, 0.05) is 5.69 Å². The molecule has 0 saturated heterocycles. The molecule has 0 aliphatic heterocycles. The minimum absolute atomic E-state index is 0.0292. The number of carbonyl (C=O) groups is 1. The minimum Gasteiger partial charge on any atom is -0.325 e. The maximum Gasteiger partial charge on any atom is 0.238 e. The van der Waals surface area contributed by atoms with Crippen LogP contribution in [-0.2, 0) is 4.79 Å². The van der Waals surface area contributed by atoms with E-state index in [0.29, 0.717) is 6.54 Å². The number of hydrogen-bond acceptors (Lipinski definition) is 4. The Morgan fingerprint density at radius 2 is 2.17 bits per heavy atom. The van der Waals surface area contributed by atoms with Gasteiger partial charge in [-0.3, -0.25) is 4.79 Å². The largest absolute Gasteiger partial charge is 0.325 e. The van der Waals surface area contributed by atoms with Gasteiger partial charge >= 0.3 is 0 Å². The van der Waals surface area contributed by atoms with Crippen LogP contribution in [0.2, 0.25) is 0 Å². The van der Waals surface area contributed by atoms with E-state index in [1.54, 1.807) is 6.07 Å². The summed E-state index contributed by atoms with van der Waals surface area (Å²) in [5.74, 6) is 0.753. The molecule has 1 amide bonds. The first-order chi connectivity index (χ1) is 8.81. The lowest BCUT2D eigenvalue weighted by Gasteiger charge is -2.05. The number of benzene rings is 1. The Balaban J connectivity index is 1.55. The molecule has 1 saturated carbocycles. The zero-order chi connectivity index (χ0) is 12.4. The number of nitrogens with one attached hydrogen (secondary N) is 3. The Kier molecular flexibility index (Phi) is 2.93. The van der Waals surface area contributed by atoms with Crippen molar-refractivity contribution < 1.29 is 4.79 Å². The maximum absolute atomic E-state index is 11.7. The summed E-state index contributed by atoms with van der Waals surface area (Å²) in [6, 6.07) is 5.45. The molecule has 1 aliphatic rings. The van der Waals surface area contributed by atoms with Gasteiger partial charge in [-0.25, -0.2) is 0 Å². The lowest BCUT2D eigenvalue weighted by Crippen LogP contribution is -2.29. The number of rotatable bonds is 5. The minimum atomic E-state index is -0.0292. The average Bonchev–Trinajstić information content (AvgIpc) is 3.06. The Hall–Kier alpha value is -1.95. The number of carbonyl (C=O) groups excluding carboxylic acids is 1. The molecule has 2 aromatic rings. The van der Waals surface area contributed by atoms with Gasteiger partial charge in [0.15, 0.2) is 0 Å². The topological polar surface area (TPSA) is 82.7 Å². The smallest absolute Gasteiger partial charge is 0.238 e. The first-order valence-electron chi connectivity index (χ1n) is 6.12. The Morgan fingerprint density at radius 3 is 3.00 bits per heavy atom. The van der Waals surface area contributed by atoms with Crippen molar-refractivity contribution in [2.75, 3.05) is 18.4 Å². The zero-order valence-electron chi connectivity index (χ0n) is 9.94. The number of anilines is 1. The fraction of sp³-hybridized carbons (Fsp3) is 0.417. The van der Waals surface area contributed by atoms with Crippen molar-refractivity contribution in [2.24, 2.45) is 5.92 Å². The third-order valence-electron chi connectivity index (χ3n) is 3.02. The van der Waals surface area contributed by atoms with Gasteiger partial charge in [-0.15, -0.1) is 0 Å². The van der Waals surface area contributed by atoms with Crippen LogP contribution in [0.1, 0.15) is 12.8 Å². The summed E-state index contributed by atoms with van der Waals surface area (Å²) in [4.78, 5) is 11.7. The molecule has 1 heterocycles. The highest BCUT2D eigenvalue weighted by Gasteiger charge is 2.20. The van der Waals surface area contributed by atoms with Crippen molar-refractivity contribution in [1.82, 2.24) is 20.7 Å². The molecule has 18 heavy (non-hydrogen) atoms. The molecule has 0 unspecified atom stereocenters. The van der Waals surface area contributed by atoms with E-state index in [9.17, 15) is 4.79 Å². The van der Waals surface area contributed by atoms with Gasteiger partial charge in [0.05, 0.1) is 6.54 Å². The fourth-order valence-corrected chi connectivity index (χ4v) is 1.84. The van der Waals surface area contributed by atoms with Gasteiger partial charge in [-0.05, 0) is 43.5 Å². The van der Waals surface area contributed by atoms with Crippen LogP contribution >= 0.6 is 0 Å². The third-order valence-corrected chi connectivity index (χ3v) is 3.02. The number of aromatic nitrogens is 3. The van der Waals surface area contributed by atoms with Crippen LogP contribution in [0.3, 0.4) is 0 Å². The average molecular weight is 245 g/mol. The second-order valence-corrected chi connectivity index (χ2v) is 4.65. The third kappa shape index (κ3) is 2.65. The van der Waals surface area contributed by atoms with Gasteiger partial charge in [-0.2, -0.15) is 15.4 Å². The van der Waals surface area contributed by atoms with E-state index in [2.05, 4.69) is 26.0 Å². The number of fused-ring (bicyclic) bond motifs is 1. The predicted molar refractivity (Wildman–Crippen MR) is 68.1 cm³/mol. The molecule has 0 bridgehead atoms. The molecule has 3 rings (SSSR count). The quantitative estimate of drug-likeness (QED) is 0.730. The van der Waals surface area contributed by atoms with Crippen molar-refractivity contribution in [3.8, 4) is 0 Å². The normalized spacial score (nSPS) is 14.9. The van der Waals surface area contributed by atoms with E-state index in [-0.39, 0.29) is 5.91 Å². The second-order valence-electron chi connectivity index (χ2n) is 4.65. The monoisotopic (exact) mass is 245 g/mol. The molecule has 1 aromatic carbocycles. The van der Waals surface area contributed by atoms with Gasteiger partial charge < -0.3 is 10.6 Å². The molecule has 1 aromatic heterocycles. The number of amides is 1. The first-order valence-corrected chi connectivity index (χ1v) is 6.12. The Morgan fingerprint density at radius 1 is 1.33 bits per heavy atom. The summed E-state index contributed by atoms with van der Waals surface area (Å²) < 4.78 is 0. The summed E-state index contributed by atoms with van der Waals surface area (Å²) >= 11 is 0. The van der Waals surface area contributed by atoms with Crippen LogP contribution in [0, 0.1) is 5.92 Å². The summed E-state index contributed by atoms with van der Waals surface area (Å²) in [6.45, 7) is 1.29. The molecule has 6 heteroatoms. The number of nitrogens with zero attached hydrogens (tertiary/aromatic N) is 2. The van der Waals surface area contributed by atoms with Gasteiger partial charge in [-0.1, -0.05) is 0 Å². The number of aromatic amines is 1. The van der Waals surface area contributed by atoms with Crippen LogP contribution in [-0.4, -0.2) is 34.4 Å². The molecule has 6 nitrogen and oxygen atoms in total. The summed E-state index contributed by atoms with van der Waals surface area (Å²) in [6.07, 6.45) is 2.58. The number of hydrogen-bond donors (Lipinski definition) is 3. The van der Waals surface area contributed by atoms with Crippen LogP contribution < -0.4 is 10.6 Å². The van der Waals surface area contributed by atoms with Crippen molar-refractivity contribution >= 4 is 22.6 Å². The van der Waals surface area contributed by atoms with E-state index in [4.69, 9.17) is 0 Å². The summed E-state index contributed by atoms with van der Waals surface area (Å²) in [5, 5.41) is 16.5. The lowest BCUT2D eigenvalue weighted by molar-refractivity contribution is -0.115. The summed E-state index contributed by atoms with van der Waals surface area (Å²) in [7, 11) is 0.